The summed E-state index contributed by atoms with van der Waals surface area (Å²) in [5.74, 6) is -0.101. The molecule has 0 aromatic rings. The van der Waals surface area contributed by atoms with E-state index in [1.165, 1.54) is 58.5 Å². The number of quaternary nitrogens is 1. The van der Waals surface area contributed by atoms with Gasteiger partial charge in [0.05, 0.1) is 7.11 Å². The smallest absolute Gasteiger partial charge is 0.305 e. The molecular formula is C23H45NO4. The van der Waals surface area contributed by atoms with Crippen molar-refractivity contribution < 1.29 is 19.3 Å². The molecule has 1 aliphatic rings. The van der Waals surface area contributed by atoms with Crippen LogP contribution in [0.1, 0.15) is 117 Å². The van der Waals surface area contributed by atoms with E-state index in [1.807, 2.05) is 13.8 Å². The first-order chi connectivity index (χ1) is 13.4. The van der Waals surface area contributed by atoms with Crippen molar-refractivity contribution in [2.75, 3.05) is 13.7 Å². The highest BCUT2D eigenvalue weighted by molar-refractivity contribution is 5.68. The minimum atomic E-state index is -0.509. The highest BCUT2D eigenvalue weighted by atomic mass is 16.6. The standard InChI is InChI=1S/C23H45NO4/c1-5-6-7-15-18-23(24(26)22(2,3)20-28-23)19-16-13-11-9-8-10-12-14-17-21(25)27-4/h24H,5-20H2,1-4H3. The molecule has 0 radical (unpaired) electrons. The molecule has 0 aromatic heterocycles. The van der Waals surface area contributed by atoms with E-state index in [0.717, 1.165) is 38.5 Å². The van der Waals surface area contributed by atoms with Crippen molar-refractivity contribution in [2.24, 2.45) is 0 Å². The summed E-state index contributed by atoms with van der Waals surface area (Å²) < 4.78 is 10.8. The highest BCUT2D eigenvalue weighted by Crippen LogP contribution is 2.28. The van der Waals surface area contributed by atoms with Crippen LogP contribution >= 0.6 is 0 Å². The maximum Gasteiger partial charge on any atom is 0.305 e. The molecule has 28 heavy (non-hydrogen) atoms. The molecule has 2 unspecified atom stereocenters. The molecule has 5 heteroatoms. The van der Waals surface area contributed by atoms with Gasteiger partial charge in [-0.2, -0.15) is 0 Å². The fourth-order valence-corrected chi connectivity index (χ4v) is 4.24. The molecule has 1 aliphatic heterocycles. The van der Waals surface area contributed by atoms with Gasteiger partial charge in [0.1, 0.15) is 12.1 Å². The Kier molecular flexibility index (Phi) is 12.3. The average molecular weight is 400 g/mol. The van der Waals surface area contributed by atoms with Crippen LogP contribution in [0.4, 0.5) is 0 Å². The van der Waals surface area contributed by atoms with Crippen molar-refractivity contribution in [3.63, 3.8) is 0 Å². The lowest BCUT2D eigenvalue weighted by Gasteiger charge is -2.42. The molecule has 0 amide bonds. The summed E-state index contributed by atoms with van der Waals surface area (Å²) in [6.07, 6.45) is 16.3. The van der Waals surface area contributed by atoms with Crippen molar-refractivity contribution in [2.45, 2.75) is 128 Å². The van der Waals surface area contributed by atoms with Gasteiger partial charge in [-0.15, -0.1) is 0 Å². The minimum absolute atomic E-state index is 0.101. The van der Waals surface area contributed by atoms with E-state index in [0.29, 0.717) is 18.1 Å². The Hall–Kier alpha value is -0.650. The number of nitrogens with one attached hydrogen (secondary N) is 1. The number of rotatable bonds is 16. The van der Waals surface area contributed by atoms with Crippen LogP contribution in [0.5, 0.6) is 0 Å². The van der Waals surface area contributed by atoms with Crippen LogP contribution in [-0.2, 0) is 14.3 Å². The molecule has 1 saturated heterocycles. The zero-order valence-corrected chi connectivity index (χ0v) is 18.9. The monoisotopic (exact) mass is 399 g/mol. The zero-order valence-electron chi connectivity index (χ0n) is 18.9. The molecule has 1 rings (SSSR count). The third kappa shape index (κ3) is 8.79. The summed E-state index contributed by atoms with van der Waals surface area (Å²) in [6, 6.07) is 0. The number of methoxy groups -OCH3 is 1. The maximum absolute atomic E-state index is 13.0. The first-order valence-corrected chi connectivity index (χ1v) is 11.6. The van der Waals surface area contributed by atoms with Crippen LogP contribution in [0.25, 0.3) is 0 Å². The first-order valence-electron chi connectivity index (χ1n) is 11.6. The van der Waals surface area contributed by atoms with E-state index in [2.05, 4.69) is 11.7 Å². The number of carbonyl (C=O) groups is 1. The van der Waals surface area contributed by atoms with E-state index < -0.39 is 5.72 Å². The van der Waals surface area contributed by atoms with E-state index in [-0.39, 0.29) is 11.5 Å². The number of unbranched alkanes of at least 4 members (excludes halogenated alkanes) is 10. The van der Waals surface area contributed by atoms with Gasteiger partial charge in [-0.05, 0) is 33.1 Å². The van der Waals surface area contributed by atoms with Gasteiger partial charge in [0.15, 0.2) is 0 Å². The largest absolute Gasteiger partial charge is 0.632 e. The molecule has 166 valence electrons. The average Bonchev–Trinajstić information content (AvgIpc) is 2.91. The highest BCUT2D eigenvalue weighted by Gasteiger charge is 2.51. The zero-order chi connectivity index (χ0) is 20.9. The number of esters is 1. The van der Waals surface area contributed by atoms with Crippen molar-refractivity contribution >= 4 is 5.97 Å². The van der Waals surface area contributed by atoms with Crippen LogP contribution in [0.3, 0.4) is 0 Å². The van der Waals surface area contributed by atoms with Crippen molar-refractivity contribution in [1.82, 2.24) is 0 Å². The van der Waals surface area contributed by atoms with Gasteiger partial charge in [-0.3, -0.25) is 4.79 Å². The maximum atomic E-state index is 13.0. The minimum Gasteiger partial charge on any atom is -0.632 e. The number of ether oxygens (including phenoxy) is 2. The Labute approximate surface area is 173 Å². The van der Waals surface area contributed by atoms with Crippen molar-refractivity contribution in [3.05, 3.63) is 5.21 Å². The molecule has 0 saturated carbocycles. The number of hydrogen-bond acceptors (Lipinski definition) is 4. The normalized spacial score (nSPS) is 23.8. The van der Waals surface area contributed by atoms with Crippen LogP contribution in [0.15, 0.2) is 0 Å². The predicted molar refractivity (Wildman–Crippen MR) is 114 cm³/mol. The van der Waals surface area contributed by atoms with Crippen molar-refractivity contribution in [3.8, 4) is 0 Å². The molecule has 0 bridgehead atoms. The van der Waals surface area contributed by atoms with E-state index in [9.17, 15) is 10.0 Å². The lowest BCUT2D eigenvalue weighted by atomic mass is 9.95. The van der Waals surface area contributed by atoms with Gasteiger partial charge >= 0.3 is 5.97 Å². The van der Waals surface area contributed by atoms with Crippen LogP contribution < -0.4 is 5.06 Å². The van der Waals surface area contributed by atoms with Gasteiger partial charge in [-0.25, -0.2) is 0 Å². The number of hydroxylamine groups is 2. The second-order valence-electron chi connectivity index (χ2n) is 9.21. The lowest BCUT2D eigenvalue weighted by Crippen LogP contribution is -3.20. The van der Waals surface area contributed by atoms with E-state index >= 15 is 0 Å². The SMILES string of the molecule is CCCCCCC1(CCCCCCCCCCC(=O)OC)OCC(C)(C)[NH+]1[O-]. The van der Waals surface area contributed by atoms with Gasteiger partial charge in [0.25, 0.3) is 0 Å². The van der Waals surface area contributed by atoms with Gasteiger partial charge in [0, 0.05) is 19.3 Å². The summed E-state index contributed by atoms with van der Waals surface area (Å²) in [6.45, 7) is 6.85. The van der Waals surface area contributed by atoms with Gasteiger partial charge in [0.2, 0.25) is 5.72 Å². The molecule has 0 aromatic carbocycles. The quantitative estimate of drug-likeness (QED) is 0.227. The third-order valence-electron chi connectivity index (χ3n) is 6.11. The van der Waals surface area contributed by atoms with Crippen LogP contribution in [0, 0.1) is 5.21 Å². The van der Waals surface area contributed by atoms with Crippen LogP contribution in [-0.4, -0.2) is 30.9 Å². The molecule has 0 aliphatic carbocycles. The topological polar surface area (TPSA) is 63.0 Å². The summed E-state index contributed by atoms with van der Waals surface area (Å²) in [5.41, 5.74) is -0.833. The Morgan fingerprint density at radius 3 is 1.89 bits per heavy atom. The first kappa shape index (κ1) is 25.4. The third-order valence-corrected chi connectivity index (χ3v) is 6.11. The lowest BCUT2D eigenvalue weighted by molar-refractivity contribution is -0.950. The molecule has 5 nitrogen and oxygen atoms in total. The van der Waals surface area contributed by atoms with Gasteiger partial charge in [-0.1, -0.05) is 64.7 Å². The molecule has 1 N–H and O–H groups in total. The fourth-order valence-electron chi connectivity index (χ4n) is 4.24. The molecule has 1 heterocycles. The predicted octanol–water partition coefficient (Wildman–Crippen LogP) is 4.92. The molecule has 2 atom stereocenters. The van der Waals surface area contributed by atoms with Gasteiger partial charge < -0.3 is 19.7 Å². The Balaban J connectivity index is 2.20. The Morgan fingerprint density at radius 1 is 0.929 bits per heavy atom. The summed E-state index contributed by atoms with van der Waals surface area (Å²) in [7, 11) is 1.45. The second kappa shape index (κ2) is 13.6. The molecule has 0 spiro atoms. The Morgan fingerprint density at radius 2 is 1.43 bits per heavy atom. The second-order valence-corrected chi connectivity index (χ2v) is 9.21. The molecule has 1 fully saturated rings. The van der Waals surface area contributed by atoms with Crippen LogP contribution in [0.2, 0.25) is 0 Å². The van der Waals surface area contributed by atoms with Crippen molar-refractivity contribution in [1.29, 1.82) is 0 Å². The summed E-state index contributed by atoms with van der Waals surface area (Å²) >= 11 is 0. The Bertz CT molecular complexity index is 427. The van der Waals surface area contributed by atoms with E-state index in [4.69, 9.17) is 4.74 Å². The summed E-state index contributed by atoms with van der Waals surface area (Å²) in [5, 5.41) is 13.3. The fraction of sp³-hybridized carbons (Fsp3) is 0.957. The number of hydrogen-bond donors (Lipinski definition) is 1. The molecular weight excluding hydrogens is 354 g/mol. The van der Waals surface area contributed by atoms with E-state index in [1.54, 1.807) is 0 Å². The summed E-state index contributed by atoms with van der Waals surface area (Å²) in [4.78, 5) is 11.1. The number of carbonyl (C=O) groups excluding carboxylic acids is 1.